The summed E-state index contributed by atoms with van der Waals surface area (Å²) < 4.78 is 22.9. The van der Waals surface area contributed by atoms with Crippen molar-refractivity contribution in [1.29, 1.82) is 0 Å². The molecule has 90 valence electrons. The summed E-state index contributed by atoms with van der Waals surface area (Å²) in [6.07, 6.45) is 1.15. The number of sulfone groups is 1. The van der Waals surface area contributed by atoms with Gasteiger partial charge in [0.1, 0.15) is 0 Å². The number of anilines is 1. The van der Waals surface area contributed by atoms with Crippen LogP contribution in [0.25, 0.3) is 0 Å². The highest BCUT2D eigenvalue weighted by Gasteiger charge is 2.18. The molecule has 1 aromatic rings. The lowest BCUT2D eigenvalue weighted by molar-refractivity contribution is 0.388. The Morgan fingerprint density at radius 1 is 1.19 bits per heavy atom. The third kappa shape index (κ3) is 2.96. The molecule has 0 fully saturated rings. The zero-order valence-electron chi connectivity index (χ0n) is 9.90. The van der Waals surface area contributed by atoms with Crippen molar-refractivity contribution in [3.05, 3.63) is 23.8 Å². The molecule has 0 spiro atoms. The minimum absolute atomic E-state index is 0.174. The molecule has 1 aromatic carbocycles. The molecule has 0 saturated heterocycles. The summed E-state index contributed by atoms with van der Waals surface area (Å²) in [5.41, 5.74) is 3.05. The fourth-order valence-corrected chi connectivity index (χ4v) is 1.99. The van der Waals surface area contributed by atoms with Crippen molar-refractivity contribution in [2.75, 3.05) is 11.7 Å². The molecular formula is C11H17NO3S. The van der Waals surface area contributed by atoms with Crippen molar-refractivity contribution < 1.29 is 13.6 Å². The van der Waals surface area contributed by atoms with Crippen LogP contribution in [0.5, 0.6) is 0 Å². The molecule has 0 bridgehead atoms. The van der Waals surface area contributed by atoms with E-state index >= 15 is 0 Å². The lowest BCUT2D eigenvalue weighted by Gasteiger charge is -2.20. The van der Waals surface area contributed by atoms with E-state index in [0.29, 0.717) is 5.69 Å². The van der Waals surface area contributed by atoms with Gasteiger partial charge in [-0.2, -0.15) is 0 Å². The molecule has 0 aliphatic heterocycles. The second-order valence-electron chi connectivity index (χ2n) is 4.88. The first-order chi connectivity index (χ1) is 7.14. The molecule has 0 unspecified atom stereocenters. The molecule has 4 nitrogen and oxygen atoms in total. The Morgan fingerprint density at radius 2 is 1.75 bits per heavy atom. The van der Waals surface area contributed by atoms with Gasteiger partial charge < -0.3 is 0 Å². The van der Waals surface area contributed by atoms with E-state index in [1.165, 1.54) is 6.07 Å². The third-order valence-corrected chi connectivity index (χ3v) is 3.42. The molecule has 0 saturated carbocycles. The van der Waals surface area contributed by atoms with Gasteiger partial charge in [-0.15, -0.1) is 0 Å². The second-order valence-corrected chi connectivity index (χ2v) is 6.90. The zero-order chi connectivity index (χ0) is 12.6. The summed E-state index contributed by atoms with van der Waals surface area (Å²) in [4.78, 5) is 0.205. The van der Waals surface area contributed by atoms with Gasteiger partial charge in [-0.1, -0.05) is 20.8 Å². The fraction of sp³-hybridized carbons (Fsp3) is 0.455. The molecule has 0 amide bonds. The Bertz CT molecular complexity index is 486. The summed E-state index contributed by atoms with van der Waals surface area (Å²) in [5.74, 6) is 0. The van der Waals surface area contributed by atoms with Crippen molar-refractivity contribution in [2.24, 2.45) is 0 Å². The summed E-state index contributed by atoms with van der Waals surface area (Å²) in [6.45, 7) is 5.95. The standard InChI is InChI=1S/C11H17NO3S/c1-11(2,3)8-5-9(12-13)7-10(6-8)16(4,14)15/h5-7,12-13H,1-4H3. The SMILES string of the molecule is CC(C)(C)c1cc(NO)cc(S(C)(=O)=O)c1. The van der Waals surface area contributed by atoms with Gasteiger partial charge in [0, 0.05) is 6.26 Å². The Kier molecular flexibility index (Phi) is 3.30. The Morgan fingerprint density at radius 3 is 2.12 bits per heavy atom. The topological polar surface area (TPSA) is 66.4 Å². The Balaban J connectivity index is 3.45. The number of hydrogen-bond donors (Lipinski definition) is 2. The first-order valence-corrected chi connectivity index (χ1v) is 6.79. The van der Waals surface area contributed by atoms with Crippen LogP contribution < -0.4 is 5.48 Å². The maximum absolute atomic E-state index is 11.5. The van der Waals surface area contributed by atoms with Crippen LogP contribution in [0.2, 0.25) is 0 Å². The first-order valence-electron chi connectivity index (χ1n) is 4.90. The van der Waals surface area contributed by atoms with E-state index in [1.807, 2.05) is 26.3 Å². The van der Waals surface area contributed by atoms with Crippen molar-refractivity contribution in [2.45, 2.75) is 31.1 Å². The van der Waals surface area contributed by atoms with Crippen molar-refractivity contribution in [1.82, 2.24) is 0 Å². The average Bonchev–Trinajstić information content (AvgIpc) is 2.14. The van der Waals surface area contributed by atoms with E-state index in [2.05, 4.69) is 0 Å². The first kappa shape index (κ1) is 13.0. The fourth-order valence-electron chi connectivity index (χ4n) is 1.31. The third-order valence-electron chi connectivity index (χ3n) is 2.33. The smallest absolute Gasteiger partial charge is 0.175 e. The van der Waals surface area contributed by atoms with E-state index in [9.17, 15) is 8.42 Å². The summed E-state index contributed by atoms with van der Waals surface area (Å²) in [7, 11) is -3.27. The second kappa shape index (κ2) is 4.07. The normalized spacial score (nSPS) is 12.6. The molecule has 16 heavy (non-hydrogen) atoms. The Labute approximate surface area is 96.2 Å². The van der Waals surface area contributed by atoms with Crippen LogP contribution in [0.3, 0.4) is 0 Å². The van der Waals surface area contributed by atoms with Crippen molar-refractivity contribution >= 4 is 15.5 Å². The van der Waals surface area contributed by atoms with Gasteiger partial charge in [0.05, 0.1) is 10.6 Å². The highest BCUT2D eigenvalue weighted by molar-refractivity contribution is 7.90. The summed E-state index contributed by atoms with van der Waals surface area (Å²) >= 11 is 0. The van der Waals surface area contributed by atoms with Crippen LogP contribution in [0, 0.1) is 0 Å². The predicted molar refractivity (Wildman–Crippen MR) is 63.7 cm³/mol. The van der Waals surface area contributed by atoms with Crippen molar-refractivity contribution in [3.8, 4) is 0 Å². The van der Waals surface area contributed by atoms with Gasteiger partial charge in [0.2, 0.25) is 0 Å². The lowest BCUT2D eigenvalue weighted by Crippen LogP contribution is -2.13. The molecule has 5 heteroatoms. The van der Waals surface area contributed by atoms with E-state index < -0.39 is 9.84 Å². The Hall–Kier alpha value is -1.07. The number of hydrogen-bond acceptors (Lipinski definition) is 4. The van der Waals surface area contributed by atoms with Gasteiger partial charge in [0.25, 0.3) is 0 Å². The van der Waals surface area contributed by atoms with E-state index in [-0.39, 0.29) is 10.3 Å². The molecule has 0 aliphatic rings. The van der Waals surface area contributed by atoms with Crippen molar-refractivity contribution in [3.63, 3.8) is 0 Å². The van der Waals surface area contributed by atoms with Gasteiger partial charge in [-0.3, -0.25) is 10.7 Å². The van der Waals surface area contributed by atoms with Crippen LogP contribution in [0.4, 0.5) is 5.69 Å². The van der Waals surface area contributed by atoms with Gasteiger partial charge in [-0.25, -0.2) is 8.42 Å². The minimum Gasteiger partial charge on any atom is -0.291 e. The maximum Gasteiger partial charge on any atom is 0.175 e. The molecule has 2 N–H and O–H groups in total. The molecular weight excluding hydrogens is 226 g/mol. The van der Waals surface area contributed by atoms with Crippen LogP contribution in [-0.2, 0) is 15.3 Å². The van der Waals surface area contributed by atoms with Gasteiger partial charge in [0.15, 0.2) is 9.84 Å². The van der Waals surface area contributed by atoms with Crippen LogP contribution in [0.1, 0.15) is 26.3 Å². The lowest BCUT2D eigenvalue weighted by atomic mass is 9.87. The zero-order valence-corrected chi connectivity index (χ0v) is 10.7. The number of benzene rings is 1. The molecule has 0 aliphatic carbocycles. The average molecular weight is 243 g/mol. The quantitative estimate of drug-likeness (QED) is 0.781. The van der Waals surface area contributed by atoms with E-state index in [4.69, 9.17) is 5.21 Å². The van der Waals surface area contributed by atoms with Gasteiger partial charge in [-0.05, 0) is 29.2 Å². The van der Waals surface area contributed by atoms with E-state index in [0.717, 1.165) is 11.8 Å². The minimum atomic E-state index is -3.27. The molecule has 0 radical (unpaired) electrons. The molecule has 0 heterocycles. The molecule has 0 aromatic heterocycles. The van der Waals surface area contributed by atoms with Gasteiger partial charge >= 0.3 is 0 Å². The number of rotatable bonds is 2. The van der Waals surface area contributed by atoms with Crippen LogP contribution in [-0.4, -0.2) is 19.9 Å². The van der Waals surface area contributed by atoms with Crippen LogP contribution in [0.15, 0.2) is 23.1 Å². The number of nitrogens with one attached hydrogen (secondary N) is 1. The largest absolute Gasteiger partial charge is 0.291 e. The summed E-state index contributed by atoms with van der Waals surface area (Å²) in [6, 6.07) is 4.77. The molecule has 1 rings (SSSR count). The highest BCUT2D eigenvalue weighted by atomic mass is 32.2. The van der Waals surface area contributed by atoms with E-state index in [1.54, 1.807) is 12.1 Å². The predicted octanol–water partition coefficient (Wildman–Crippen LogP) is 2.19. The molecule has 0 atom stereocenters. The monoisotopic (exact) mass is 243 g/mol. The summed E-state index contributed by atoms with van der Waals surface area (Å²) in [5, 5.41) is 8.87. The maximum atomic E-state index is 11.5. The van der Waals surface area contributed by atoms with Crippen LogP contribution >= 0.6 is 0 Å². The highest BCUT2D eigenvalue weighted by Crippen LogP contribution is 2.28.